The zero-order valence-corrected chi connectivity index (χ0v) is 10.9. The summed E-state index contributed by atoms with van der Waals surface area (Å²) in [5, 5.41) is 0. The van der Waals surface area contributed by atoms with E-state index in [1.807, 2.05) is 42.1 Å². The van der Waals surface area contributed by atoms with Crippen molar-refractivity contribution in [1.29, 1.82) is 0 Å². The lowest BCUT2D eigenvalue weighted by Gasteiger charge is -2.32. The molecule has 0 aromatic heterocycles. The zero-order chi connectivity index (χ0) is 12.1. The normalized spacial score (nSPS) is 22.9. The summed E-state index contributed by atoms with van der Waals surface area (Å²) in [6, 6.07) is 9.83. The lowest BCUT2D eigenvalue weighted by Crippen LogP contribution is -2.33. The number of hydrogen-bond acceptors (Lipinski definition) is 3. The van der Waals surface area contributed by atoms with Crippen molar-refractivity contribution in [3.63, 3.8) is 0 Å². The van der Waals surface area contributed by atoms with Crippen LogP contribution in [0.2, 0.25) is 0 Å². The Morgan fingerprint density at radius 2 is 2.06 bits per heavy atom. The SMILES string of the molecule is CSCC1CC(C(=O)OCc2ccccc2)C1. The molecule has 0 bridgehead atoms. The molecule has 3 heteroatoms. The van der Waals surface area contributed by atoms with Gasteiger partial charge in [-0.05, 0) is 36.3 Å². The molecule has 0 spiro atoms. The van der Waals surface area contributed by atoms with Crippen molar-refractivity contribution in [3.05, 3.63) is 35.9 Å². The summed E-state index contributed by atoms with van der Waals surface area (Å²) in [5.74, 6) is 2.02. The first-order valence-electron chi connectivity index (χ1n) is 5.99. The molecular weight excluding hydrogens is 232 g/mol. The fourth-order valence-corrected chi connectivity index (χ4v) is 2.89. The zero-order valence-electron chi connectivity index (χ0n) is 10.1. The van der Waals surface area contributed by atoms with Crippen molar-refractivity contribution in [2.75, 3.05) is 12.0 Å². The molecule has 1 aromatic carbocycles. The van der Waals surface area contributed by atoms with Gasteiger partial charge in [-0.15, -0.1) is 0 Å². The second-order valence-corrected chi connectivity index (χ2v) is 5.49. The molecule has 0 radical (unpaired) electrons. The van der Waals surface area contributed by atoms with Crippen LogP contribution < -0.4 is 0 Å². The first-order valence-corrected chi connectivity index (χ1v) is 7.38. The number of esters is 1. The van der Waals surface area contributed by atoms with Crippen molar-refractivity contribution >= 4 is 17.7 Å². The number of carbonyl (C=O) groups excluding carboxylic acids is 1. The molecule has 0 aliphatic heterocycles. The first kappa shape index (κ1) is 12.5. The summed E-state index contributed by atoms with van der Waals surface area (Å²) in [4.78, 5) is 11.7. The van der Waals surface area contributed by atoms with Gasteiger partial charge in [0.1, 0.15) is 6.61 Å². The third kappa shape index (κ3) is 3.50. The maximum atomic E-state index is 11.7. The van der Waals surface area contributed by atoms with Crippen LogP contribution in [0.3, 0.4) is 0 Å². The second kappa shape index (κ2) is 6.10. The third-order valence-electron chi connectivity index (χ3n) is 3.20. The standard InChI is InChI=1S/C14H18O2S/c1-17-10-12-7-13(8-12)14(15)16-9-11-5-3-2-4-6-11/h2-6,12-13H,7-10H2,1H3. The summed E-state index contributed by atoms with van der Waals surface area (Å²) in [7, 11) is 0. The average Bonchev–Trinajstić information content (AvgIpc) is 2.31. The Morgan fingerprint density at radius 1 is 1.35 bits per heavy atom. The molecular formula is C14H18O2S. The van der Waals surface area contributed by atoms with Gasteiger partial charge < -0.3 is 4.74 Å². The van der Waals surface area contributed by atoms with Crippen LogP contribution in [-0.2, 0) is 16.1 Å². The second-order valence-electron chi connectivity index (χ2n) is 4.58. The molecule has 0 heterocycles. The van der Waals surface area contributed by atoms with Crippen LogP contribution in [-0.4, -0.2) is 18.0 Å². The van der Waals surface area contributed by atoms with E-state index >= 15 is 0 Å². The highest BCUT2D eigenvalue weighted by Crippen LogP contribution is 2.36. The Labute approximate surface area is 107 Å². The van der Waals surface area contributed by atoms with Crippen molar-refractivity contribution in [1.82, 2.24) is 0 Å². The Morgan fingerprint density at radius 3 is 2.71 bits per heavy atom. The minimum atomic E-state index is -0.0220. The van der Waals surface area contributed by atoms with Crippen LogP contribution in [0.1, 0.15) is 18.4 Å². The van der Waals surface area contributed by atoms with Gasteiger partial charge in [0.25, 0.3) is 0 Å². The third-order valence-corrected chi connectivity index (χ3v) is 4.00. The monoisotopic (exact) mass is 250 g/mol. The van der Waals surface area contributed by atoms with E-state index in [1.54, 1.807) is 0 Å². The van der Waals surface area contributed by atoms with E-state index in [1.165, 1.54) is 5.75 Å². The number of carbonyl (C=O) groups is 1. The van der Waals surface area contributed by atoms with Crippen molar-refractivity contribution in [3.8, 4) is 0 Å². The highest BCUT2D eigenvalue weighted by atomic mass is 32.2. The van der Waals surface area contributed by atoms with Crippen LogP contribution in [0.4, 0.5) is 0 Å². The van der Waals surface area contributed by atoms with Crippen molar-refractivity contribution in [2.45, 2.75) is 19.4 Å². The topological polar surface area (TPSA) is 26.3 Å². The Hall–Kier alpha value is -0.960. The van der Waals surface area contributed by atoms with Crippen LogP contribution >= 0.6 is 11.8 Å². The molecule has 1 aliphatic carbocycles. The van der Waals surface area contributed by atoms with Gasteiger partial charge in [0, 0.05) is 0 Å². The van der Waals surface area contributed by atoms with E-state index in [4.69, 9.17) is 4.74 Å². The molecule has 1 aliphatic rings. The van der Waals surface area contributed by atoms with Crippen LogP contribution in [0.25, 0.3) is 0 Å². The number of benzene rings is 1. The van der Waals surface area contributed by atoms with E-state index in [9.17, 15) is 4.79 Å². The van der Waals surface area contributed by atoms with E-state index in [-0.39, 0.29) is 11.9 Å². The molecule has 1 saturated carbocycles. The predicted molar refractivity (Wildman–Crippen MR) is 70.8 cm³/mol. The molecule has 0 N–H and O–H groups in total. The summed E-state index contributed by atoms with van der Waals surface area (Å²) in [6.07, 6.45) is 4.13. The van der Waals surface area contributed by atoms with E-state index in [0.29, 0.717) is 6.61 Å². The van der Waals surface area contributed by atoms with Crippen molar-refractivity contribution in [2.24, 2.45) is 11.8 Å². The van der Waals surface area contributed by atoms with Gasteiger partial charge in [-0.25, -0.2) is 0 Å². The van der Waals surface area contributed by atoms with Gasteiger partial charge in [-0.2, -0.15) is 11.8 Å². The van der Waals surface area contributed by atoms with Crippen molar-refractivity contribution < 1.29 is 9.53 Å². The minimum Gasteiger partial charge on any atom is -0.461 e. The fraction of sp³-hybridized carbons (Fsp3) is 0.500. The van der Waals surface area contributed by atoms with E-state index in [2.05, 4.69) is 6.26 Å². The molecule has 0 amide bonds. The molecule has 2 nitrogen and oxygen atoms in total. The van der Waals surface area contributed by atoms with Gasteiger partial charge in [0.15, 0.2) is 0 Å². The Balaban J connectivity index is 1.69. The Kier molecular flexibility index (Phi) is 4.49. The number of rotatable bonds is 5. The van der Waals surface area contributed by atoms with Crippen LogP contribution in [0, 0.1) is 11.8 Å². The molecule has 1 fully saturated rings. The molecule has 0 unspecified atom stereocenters. The minimum absolute atomic E-state index is 0.0220. The highest BCUT2D eigenvalue weighted by Gasteiger charge is 2.34. The molecule has 17 heavy (non-hydrogen) atoms. The summed E-state index contributed by atoms with van der Waals surface area (Å²) < 4.78 is 5.31. The van der Waals surface area contributed by atoms with Gasteiger partial charge in [-0.1, -0.05) is 30.3 Å². The smallest absolute Gasteiger partial charge is 0.309 e. The highest BCUT2D eigenvalue weighted by molar-refractivity contribution is 7.98. The maximum absolute atomic E-state index is 11.7. The van der Waals surface area contributed by atoms with E-state index in [0.717, 1.165) is 24.3 Å². The van der Waals surface area contributed by atoms with Gasteiger partial charge >= 0.3 is 5.97 Å². The largest absolute Gasteiger partial charge is 0.461 e. The average molecular weight is 250 g/mol. The van der Waals surface area contributed by atoms with Gasteiger partial charge in [0.05, 0.1) is 5.92 Å². The van der Waals surface area contributed by atoms with Gasteiger partial charge in [0.2, 0.25) is 0 Å². The lowest BCUT2D eigenvalue weighted by atomic mass is 9.76. The maximum Gasteiger partial charge on any atom is 0.309 e. The molecule has 1 aromatic rings. The number of hydrogen-bond donors (Lipinski definition) is 0. The summed E-state index contributed by atoms with van der Waals surface area (Å²) in [6.45, 7) is 0.406. The van der Waals surface area contributed by atoms with Gasteiger partial charge in [-0.3, -0.25) is 4.79 Å². The number of ether oxygens (including phenoxy) is 1. The first-order chi connectivity index (χ1) is 8.29. The summed E-state index contributed by atoms with van der Waals surface area (Å²) >= 11 is 1.86. The number of thioether (sulfide) groups is 1. The Bertz CT molecular complexity index is 358. The fourth-order valence-electron chi connectivity index (χ4n) is 2.15. The molecule has 0 atom stereocenters. The quantitative estimate of drug-likeness (QED) is 0.751. The van der Waals surface area contributed by atoms with Crippen LogP contribution in [0.15, 0.2) is 30.3 Å². The molecule has 0 saturated heterocycles. The van der Waals surface area contributed by atoms with E-state index < -0.39 is 0 Å². The van der Waals surface area contributed by atoms with Crippen LogP contribution in [0.5, 0.6) is 0 Å². The molecule has 92 valence electrons. The summed E-state index contributed by atoms with van der Waals surface area (Å²) in [5.41, 5.74) is 1.06. The molecule has 2 rings (SSSR count). The lowest BCUT2D eigenvalue weighted by molar-refractivity contribution is -0.154. The predicted octanol–water partition coefficient (Wildman–Crippen LogP) is 3.12.